The molecule has 5 N–H and O–H groups in total. The van der Waals surface area contributed by atoms with Crippen molar-refractivity contribution < 1.29 is 9.90 Å². The van der Waals surface area contributed by atoms with Crippen molar-refractivity contribution in [3.05, 3.63) is 0 Å². The van der Waals surface area contributed by atoms with Gasteiger partial charge in [-0.15, -0.1) is 0 Å². The molecule has 0 aromatic heterocycles. The van der Waals surface area contributed by atoms with Crippen LogP contribution in [0.5, 0.6) is 0 Å². The minimum Gasteiger partial charge on any atom is -0.481 e. The van der Waals surface area contributed by atoms with Gasteiger partial charge in [0.15, 0.2) is 0 Å². The van der Waals surface area contributed by atoms with Crippen LogP contribution in [-0.2, 0) is 4.79 Å². The Bertz CT molecular complexity index is 103. The summed E-state index contributed by atoms with van der Waals surface area (Å²) in [6.45, 7) is 1.69. The summed E-state index contributed by atoms with van der Waals surface area (Å²) in [6.07, 6.45) is -0.0579. The fourth-order valence-corrected chi connectivity index (χ4v) is 0.388. The van der Waals surface area contributed by atoms with Crippen molar-refractivity contribution in [1.82, 2.24) is 0 Å². The average Bonchev–Trinajstić information content (AvgIpc) is 1.63. The van der Waals surface area contributed by atoms with Gasteiger partial charge in [0.1, 0.15) is 0 Å². The molecule has 0 saturated heterocycles. The second-order valence-electron chi connectivity index (χ2n) is 2.12. The van der Waals surface area contributed by atoms with Crippen molar-refractivity contribution in [2.24, 2.45) is 11.5 Å². The van der Waals surface area contributed by atoms with Crippen LogP contribution in [-0.4, -0.2) is 23.2 Å². The molecule has 0 saturated carbocycles. The Labute approximate surface area is 53.8 Å². The average molecular weight is 132 g/mol. The molecule has 0 bridgehead atoms. The van der Waals surface area contributed by atoms with Crippen molar-refractivity contribution in [1.29, 1.82) is 0 Å². The lowest BCUT2D eigenvalue weighted by atomic mass is 10.1. The Morgan fingerprint density at radius 1 is 1.67 bits per heavy atom. The molecule has 4 nitrogen and oxygen atoms in total. The largest absolute Gasteiger partial charge is 0.481 e. The molecule has 0 aliphatic carbocycles. The van der Waals surface area contributed by atoms with Gasteiger partial charge in [0.2, 0.25) is 0 Å². The van der Waals surface area contributed by atoms with E-state index in [-0.39, 0.29) is 12.5 Å². The molecular formula is C5H12N2O2. The van der Waals surface area contributed by atoms with E-state index >= 15 is 0 Å². The maximum absolute atomic E-state index is 9.98. The number of carboxylic acids is 1. The van der Waals surface area contributed by atoms with Gasteiger partial charge in [0, 0.05) is 12.1 Å². The van der Waals surface area contributed by atoms with Gasteiger partial charge in [0.05, 0.1) is 6.42 Å². The summed E-state index contributed by atoms with van der Waals surface area (Å²) in [4.78, 5) is 9.98. The molecule has 0 radical (unpaired) electrons. The number of carboxylic acid groups (broad SMARTS) is 1. The Kier molecular flexibility index (Phi) is 3.19. The van der Waals surface area contributed by atoms with Crippen molar-refractivity contribution >= 4 is 5.97 Å². The van der Waals surface area contributed by atoms with E-state index < -0.39 is 12.0 Å². The molecule has 9 heavy (non-hydrogen) atoms. The van der Waals surface area contributed by atoms with Crippen LogP contribution in [0, 0.1) is 0 Å². The maximum Gasteiger partial charge on any atom is 0.304 e. The SMILES string of the molecule is CC(N)[C@H](N)CC(=O)O. The van der Waals surface area contributed by atoms with Crippen LogP contribution in [0.2, 0.25) is 0 Å². The van der Waals surface area contributed by atoms with Gasteiger partial charge in [-0.25, -0.2) is 0 Å². The highest BCUT2D eigenvalue weighted by atomic mass is 16.4. The van der Waals surface area contributed by atoms with E-state index in [1.165, 1.54) is 0 Å². The molecular weight excluding hydrogens is 120 g/mol. The Morgan fingerprint density at radius 3 is 2.22 bits per heavy atom. The Hall–Kier alpha value is -0.610. The number of carbonyl (C=O) groups is 1. The van der Waals surface area contributed by atoms with Crippen molar-refractivity contribution in [2.45, 2.75) is 25.4 Å². The van der Waals surface area contributed by atoms with E-state index in [9.17, 15) is 4.79 Å². The van der Waals surface area contributed by atoms with Gasteiger partial charge in [-0.2, -0.15) is 0 Å². The molecule has 0 amide bonds. The summed E-state index contributed by atoms with van der Waals surface area (Å²) in [7, 11) is 0. The first-order chi connectivity index (χ1) is 4.04. The number of hydrogen-bond donors (Lipinski definition) is 3. The molecule has 1 unspecified atom stereocenters. The van der Waals surface area contributed by atoms with Crippen LogP contribution in [0.1, 0.15) is 13.3 Å². The predicted molar refractivity (Wildman–Crippen MR) is 33.9 cm³/mol. The first-order valence-electron chi connectivity index (χ1n) is 2.77. The van der Waals surface area contributed by atoms with Crippen LogP contribution in [0.15, 0.2) is 0 Å². The third-order valence-corrected chi connectivity index (χ3v) is 1.09. The molecule has 2 atom stereocenters. The summed E-state index contributed by atoms with van der Waals surface area (Å²) in [6, 6.07) is -0.677. The highest BCUT2D eigenvalue weighted by molar-refractivity contribution is 5.67. The van der Waals surface area contributed by atoms with Gasteiger partial charge in [-0.1, -0.05) is 0 Å². The second kappa shape index (κ2) is 3.42. The fraction of sp³-hybridized carbons (Fsp3) is 0.800. The molecule has 0 spiro atoms. The number of aliphatic carboxylic acids is 1. The smallest absolute Gasteiger partial charge is 0.304 e. The molecule has 0 heterocycles. The molecule has 0 aliphatic rings. The summed E-state index contributed by atoms with van der Waals surface area (Å²) >= 11 is 0. The summed E-state index contributed by atoms with van der Waals surface area (Å²) < 4.78 is 0. The second-order valence-corrected chi connectivity index (χ2v) is 2.12. The van der Waals surface area contributed by atoms with E-state index in [2.05, 4.69) is 0 Å². The normalized spacial score (nSPS) is 16.8. The van der Waals surface area contributed by atoms with Gasteiger partial charge in [-0.3, -0.25) is 4.79 Å². The molecule has 0 fully saturated rings. The topological polar surface area (TPSA) is 89.3 Å². The van der Waals surface area contributed by atoms with E-state index in [1.54, 1.807) is 6.92 Å². The first kappa shape index (κ1) is 8.39. The molecule has 4 heteroatoms. The summed E-state index contributed by atoms with van der Waals surface area (Å²) in [5, 5.41) is 8.20. The zero-order valence-corrected chi connectivity index (χ0v) is 5.37. The van der Waals surface area contributed by atoms with Crippen LogP contribution in [0.3, 0.4) is 0 Å². The zero-order chi connectivity index (χ0) is 7.44. The quantitative estimate of drug-likeness (QED) is 0.466. The van der Waals surface area contributed by atoms with E-state index in [4.69, 9.17) is 16.6 Å². The highest BCUT2D eigenvalue weighted by Gasteiger charge is 2.11. The first-order valence-corrected chi connectivity index (χ1v) is 2.77. The standard InChI is InChI=1S/C5H12N2O2/c1-3(6)4(7)2-5(8)9/h3-4H,2,6-7H2,1H3,(H,8,9)/t3?,4-/m1/s1. The lowest BCUT2D eigenvalue weighted by Crippen LogP contribution is -2.40. The van der Waals surface area contributed by atoms with Crippen LogP contribution in [0.25, 0.3) is 0 Å². The van der Waals surface area contributed by atoms with Gasteiger partial charge >= 0.3 is 5.97 Å². The van der Waals surface area contributed by atoms with Gasteiger partial charge < -0.3 is 16.6 Å². The monoisotopic (exact) mass is 132 g/mol. The van der Waals surface area contributed by atoms with E-state index in [0.717, 1.165) is 0 Å². The summed E-state index contributed by atoms with van der Waals surface area (Å²) in [5.74, 6) is -0.903. The lowest BCUT2D eigenvalue weighted by Gasteiger charge is -2.11. The summed E-state index contributed by atoms with van der Waals surface area (Å²) in [5.41, 5.74) is 10.6. The number of rotatable bonds is 3. The van der Waals surface area contributed by atoms with Crippen molar-refractivity contribution in [3.63, 3.8) is 0 Å². The minimum atomic E-state index is -0.903. The third-order valence-electron chi connectivity index (χ3n) is 1.09. The van der Waals surface area contributed by atoms with Crippen LogP contribution in [0.4, 0.5) is 0 Å². The zero-order valence-electron chi connectivity index (χ0n) is 5.37. The fourth-order valence-electron chi connectivity index (χ4n) is 0.388. The highest BCUT2D eigenvalue weighted by Crippen LogP contribution is 1.90. The molecule has 0 aliphatic heterocycles. The number of nitrogens with two attached hydrogens (primary N) is 2. The maximum atomic E-state index is 9.98. The van der Waals surface area contributed by atoms with Crippen molar-refractivity contribution in [3.8, 4) is 0 Å². The van der Waals surface area contributed by atoms with E-state index in [0.29, 0.717) is 0 Å². The van der Waals surface area contributed by atoms with Crippen molar-refractivity contribution in [2.75, 3.05) is 0 Å². The predicted octanol–water partition coefficient (Wildman–Crippen LogP) is -0.864. The molecule has 0 aromatic rings. The minimum absolute atomic E-state index is 0.0579. The number of hydrogen-bond acceptors (Lipinski definition) is 3. The van der Waals surface area contributed by atoms with E-state index in [1.807, 2.05) is 0 Å². The van der Waals surface area contributed by atoms with Crippen LogP contribution >= 0.6 is 0 Å². The molecule has 0 aromatic carbocycles. The van der Waals surface area contributed by atoms with Gasteiger partial charge in [0.25, 0.3) is 0 Å². The Morgan fingerprint density at radius 2 is 2.11 bits per heavy atom. The molecule has 54 valence electrons. The van der Waals surface area contributed by atoms with Gasteiger partial charge in [-0.05, 0) is 6.92 Å². The van der Waals surface area contributed by atoms with Crippen LogP contribution < -0.4 is 11.5 Å². The Balaban J connectivity index is 3.50. The lowest BCUT2D eigenvalue weighted by molar-refractivity contribution is -0.137. The third kappa shape index (κ3) is 3.93. The molecule has 0 rings (SSSR count).